The lowest BCUT2D eigenvalue weighted by Gasteiger charge is -2.15. The average molecular weight is 591 g/mol. The molecule has 0 bridgehead atoms. The van der Waals surface area contributed by atoms with Crippen LogP contribution in [0.25, 0.3) is 83.9 Å². The van der Waals surface area contributed by atoms with Crippen LogP contribution < -0.4 is 0 Å². The molecular formula is C41H26N4O. The van der Waals surface area contributed by atoms with Crippen molar-refractivity contribution >= 4 is 32.9 Å². The summed E-state index contributed by atoms with van der Waals surface area (Å²) >= 11 is 0. The molecule has 0 atom stereocenters. The SMILES string of the molecule is c1ccc(-c2cc(-c3ccccc3-n3c4ccccc4c4ccc(-c5nc6ccccc6o5)cc43)nc(-c3ccccc3)n2)cc1. The molecule has 46 heavy (non-hydrogen) atoms. The van der Waals surface area contributed by atoms with E-state index >= 15 is 0 Å². The summed E-state index contributed by atoms with van der Waals surface area (Å²) in [5.41, 5.74) is 10.5. The van der Waals surface area contributed by atoms with E-state index < -0.39 is 0 Å². The second kappa shape index (κ2) is 10.7. The third kappa shape index (κ3) is 4.37. The topological polar surface area (TPSA) is 56.7 Å². The minimum absolute atomic E-state index is 0.601. The number of hydrogen-bond acceptors (Lipinski definition) is 4. The van der Waals surface area contributed by atoms with Crippen molar-refractivity contribution in [2.75, 3.05) is 0 Å². The number of rotatable bonds is 5. The molecular weight excluding hydrogens is 564 g/mol. The highest BCUT2D eigenvalue weighted by Crippen LogP contribution is 2.38. The summed E-state index contributed by atoms with van der Waals surface area (Å²) < 4.78 is 8.52. The molecule has 0 saturated carbocycles. The summed E-state index contributed by atoms with van der Waals surface area (Å²) in [6, 6.07) is 53.9. The van der Waals surface area contributed by atoms with Gasteiger partial charge in [0.05, 0.1) is 28.1 Å². The predicted molar refractivity (Wildman–Crippen MR) is 186 cm³/mol. The van der Waals surface area contributed by atoms with Gasteiger partial charge in [-0.15, -0.1) is 0 Å². The Labute approximate surface area is 265 Å². The van der Waals surface area contributed by atoms with Crippen molar-refractivity contribution in [1.29, 1.82) is 0 Å². The van der Waals surface area contributed by atoms with Crippen LogP contribution in [0.2, 0.25) is 0 Å². The maximum absolute atomic E-state index is 6.19. The van der Waals surface area contributed by atoms with E-state index in [2.05, 4.69) is 102 Å². The molecule has 0 unspecified atom stereocenters. The number of aromatic nitrogens is 4. The summed E-state index contributed by atoms with van der Waals surface area (Å²) in [5.74, 6) is 1.29. The minimum Gasteiger partial charge on any atom is -0.436 e. The van der Waals surface area contributed by atoms with E-state index in [1.165, 1.54) is 5.39 Å². The van der Waals surface area contributed by atoms with Crippen molar-refractivity contribution in [2.24, 2.45) is 0 Å². The Kier molecular flexibility index (Phi) is 6.06. The predicted octanol–water partition coefficient (Wildman–Crippen LogP) is 10.4. The van der Waals surface area contributed by atoms with E-state index in [0.29, 0.717) is 11.7 Å². The van der Waals surface area contributed by atoms with Crippen molar-refractivity contribution in [2.45, 2.75) is 0 Å². The van der Waals surface area contributed by atoms with Crippen molar-refractivity contribution in [3.63, 3.8) is 0 Å². The van der Waals surface area contributed by atoms with Crippen LogP contribution in [0.4, 0.5) is 0 Å². The van der Waals surface area contributed by atoms with Gasteiger partial charge in [-0.25, -0.2) is 15.0 Å². The zero-order valence-electron chi connectivity index (χ0n) is 24.7. The molecule has 0 N–H and O–H groups in total. The van der Waals surface area contributed by atoms with Crippen molar-refractivity contribution < 1.29 is 4.42 Å². The van der Waals surface area contributed by atoms with Crippen LogP contribution in [0, 0.1) is 0 Å². The molecule has 3 aromatic heterocycles. The lowest BCUT2D eigenvalue weighted by atomic mass is 10.0. The zero-order chi connectivity index (χ0) is 30.5. The van der Waals surface area contributed by atoms with Gasteiger partial charge in [-0.2, -0.15) is 0 Å². The Bertz CT molecular complexity index is 2440. The highest BCUT2D eigenvalue weighted by atomic mass is 16.3. The Morgan fingerprint density at radius 1 is 0.457 bits per heavy atom. The largest absolute Gasteiger partial charge is 0.436 e. The van der Waals surface area contributed by atoms with Gasteiger partial charge in [0, 0.05) is 33.0 Å². The Hall–Kier alpha value is -6.33. The number of nitrogens with zero attached hydrogens (tertiary/aromatic N) is 4. The molecule has 3 heterocycles. The van der Waals surface area contributed by atoms with Gasteiger partial charge in [0.2, 0.25) is 5.89 Å². The van der Waals surface area contributed by atoms with E-state index in [-0.39, 0.29) is 0 Å². The van der Waals surface area contributed by atoms with Gasteiger partial charge >= 0.3 is 0 Å². The van der Waals surface area contributed by atoms with Crippen LogP contribution in [0.15, 0.2) is 162 Å². The highest BCUT2D eigenvalue weighted by molar-refractivity contribution is 6.10. The molecule has 0 saturated heterocycles. The molecule has 0 aliphatic heterocycles. The molecule has 0 amide bonds. The summed E-state index contributed by atoms with van der Waals surface area (Å²) in [6.07, 6.45) is 0. The average Bonchev–Trinajstić information content (AvgIpc) is 3.71. The molecule has 0 aliphatic carbocycles. The third-order valence-electron chi connectivity index (χ3n) is 8.46. The highest BCUT2D eigenvalue weighted by Gasteiger charge is 2.19. The molecule has 216 valence electrons. The van der Waals surface area contributed by atoms with E-state index in [1.807, 2.05) is 60.7 Å². The van der Waals surface area contributed by atoms with Gasteiger partial charge in [0.25, 0.3) is 0 Å². The van der Waals surface area contributed by atoms with E-state index in [0.717, 1.165) is 66.8 Å². The first kappa shape index (κ1) is 26.1. The molecule has 9 aromatic rings. The Balaban J connectivity index is 1.29. The van der Waals surface area contributed by atoms with Gasteiger partial charge in [-0.1, -0.05) is 115 Å². The number of hydrogen-bond donors (Lipinski definition) is 0. The number of benzene rings is 6. The van der Waals surface area contributed by atoms with Crippen LogP contribution in [-0.4, -0.2) is 19.5 Å². The van der Waals surface area contributed by atoms with Crippen LogP contribution in [0.1, 0.15) is 0 Å². The van der Waals surface area contributed by atoms with Crippen molar-refractivity contribution in [1.82, 2.24) is 19.5 Å². The summed E-state index contributed by atoms with van der Waals surface area (Å²) in [6.45, 7) is 0. The van der Waals surface area contributed by atoms with Crippen LogP contribution >= 0.6 is 0 Å². The first-order chi connectivity index (χ1) is 22.8. The fourth-order valence-electron chi connectivity index (χ4n) is 6.30. The Morgan fingerprint density at radius 2 is 1.13 bits per heavy atom. The molecule has 0 aliphatic rings. The molecule has 6 aromatic carbocycles. The molecule has 5 heteroatoms. The Morgan fingerprint density at radius 3 is 1.98 bits per heavy atom. The maximum atomic E-state index is 6.19. The number of fused-ring (bicyclic) bond motifs is 4. The van der Waals surface area contributed by atoms with E-state index in [4.69, 9.17) is 19.4 Å². The fourth-order valence-corrected chi connectivity index (χ4v) is 6.30. The van der Waals surface area contributed by atoms with Crippen LogP contribution in [0.3, 0.4) is 0 Å². The molecule has 9 rings (SSSR count). The van der Waals surface area contributed by atoms with Crippen molar-refractivity contribution in [3.8, 4) is 51.0 Å². The molecule has 0 fully saturated rings. The molecule has 5 nitrogen and oxygen atoms in total. The van der Waals surface area contributed by atoms with Gasteiger partial charge in [-0.3, -0.25) is 0 Å². The van der Waals surface area contributed by atoms with E-state index in [9.17, 15) is 0 Å². The quantitative estimate of drug-likeness (QED) is 0.200. The standard InChI is InChI=1S/C41H26N4O/c1-3-13-27(14-4-1)34-26-35(43-40(42-34)28-15-5-2-6-16-28)32-18-8-11-21-37(32)45-36-20-10-7-17-30(36)31-24-23-29(25-38(31)45)41-44-33-19-9-12-22-39(33)46-41/h1-26H. The second-order valence-corrected chi connectivity index (χ2v) is 11.3. The maximum Gasteiger partial charge on any atom is 0.227 e. The van der Waals surface area contributed by atoms with Crippen LogP contribution in [-0.2, 0) is 0 Å². The first-order valence-corrected chi connectivity index (χ1v) is 15.3. The van der Waals surface area contributed by atoms with Crippen molar-refractivity contribution in [3.05, 3.63) is 158 Å². The normalized spacial score (nSPS) is 11.5. The number of para-hydroxylation sites is 4. The summed E-state index contributed by atoms with van der Waals surface area (Å²) in [5, 5.41) is 2.33. The van der Waals surface area contributed by atoms with Crippen LogP contribution in [0.5, 0.6) is 0 Å². The second-order valence-electron chi connectivity index (χ2n) is 11.3. The monoisotopic (exact) mass is 590 g/mol. The lowest BCUT2D eigenvalue weighted by Crippen LogP contribution is -2.00. The summed E-state index contributed by atoms with van der Waals surface area (Å²) in [7, 11) is 0. The molecule has 0 spiro atoms. The zero-order valence-corrected chi connectivity index (χ0v) is 24.7. The fraction of sp³-hybridized carbons (Fsp3) is 0. The molecule has 0 radical (unpaired) electrons. The van der Waals surface area contributed by atoms with Gasteiger partial charge < -0.3 is 8.98 Å². The first-order valence-electron chi connectivity index (χ1n) is 15.3. The summed E-state index contributed by atoms with van der Waals surface area (Å²) in [4.78, 5) is 15.0. The third-order valence-corrected chi connectivity index (χ3v) is 8.46. The lowest BCUT2D eigenvalue weighted by molar-refractivity contribution is 0.620. The van der Waals surface area contributed by atoms with Gasteiger partial charge in [0.15, 0.2) is 11.4 Å². The minimum atomic E-state index is 0.601. The van der Waals surface area contributed by atoms with Gasteiger partial charge in [-0.05, 0) is 42.5 Å². The van der Waals surface area contributed by atoms with E-state index in [1.54, 1.807) is 0 Å². The van der Waals surface area contributed by atoms with Gasteiger partial charge in [0.1, 0.15) is 5.52 Å². The number of oxazole rings is 1. The smallest absolute Gasteiger partial charge is 0.227 e.